The molecule has 2 heterocycles. The topological polar surface area (TPSA) is 38.7 Å². The van der Waals surface area contributed by atoms with E-state index in [1.165, 1.54) is 36.0 Å². The van der Waals surface area contributed by atoms with Crippen molar-refractivity contribution in [2.45, 2.75) is 0 Å². The van der Waals surface area contributed by atoms with E-state index in [2.05, 4.69) is 205 Å². The molecule has 0 radical (unpaired) electrons. The zero-order valence-corrected chi connectivity index (χ0v) is 31.5. The fraction of sp³-hybridized carbons (Fsp3) is 0. The molecule has 0 amide bonds. The second-order valence-corrected chi connectivity index (χ2v) is 15.8. The third kappa shape index (κ3) is 5.89. The van der Waals surface area contributed by atoms with Crippen LogP contribution in [-0.2, 0) is 0 Å². The average molecular weight is 767 g/mol. The predicted octanol–water partition coefficient (Wildman–Crippen LogP) is 12.9. The van der Waals surface area contributed by atoms with Crippen molar-refractivity contribution in [3.05, 3.63) is 200 Å². The van der Waals surface area contributed by atoms with Gasteiger partial charge in [0.25, 0.3) is 0 Å². The van der Waals surface area contributed by atoms with Crippen LogP contribution in [0.25, 0.3) is 97.4 Å². The summed E-state index contributed by atoms with van der Waals surface area (Å²) in [6.45, 7) is 0. The molecular formula is C51H33N3Se. The van der Waals surface area contributed by atoms with E-state index in [0.29, 0.717) is 0 Å². The van der Waals surface area contributed by atoms with Crippen molar-refractivity contribution in [3.63, 3.8) is 0 Å². The summed E-state index contributed by atoms with van der Waals surface area (Å²) in [5.41, 5.74) is 14.8. The maximum atomic E-state index is 5.00. The van der Waals surface area contributed by atoms with E-state index in [1.807, 2.05) is 0 Å². The van der Waals surface area contributed by atoms with Crippen LogP contribution in [-0.4, -0.2) is 29.9 Å². The molecule has 0 aliphatic heterocycles. The monoisotopic (exact) mass is 767 g/mol. The summed E-state index contributed by atoms with van der Waals surface area (Å²) < 4.78 is 2.81. The molecule has 0 saturated heterocycles. The maximum absolute atomic E-state index is 5.00. The third-order valence-corrected chi connectivity index (χ3v) is 12.8. The van der Waals surface area contributed by atoms with Crippen LogP contribution in [0.5, 0.6) is 0 Å². The third-order valence-electron chi connectivity index (χ3n) is 10.4. The number of fused-ring (bicyclic) bond motifs is 3. The average Bonchev–Trinajstić information content (AvgIpc) is 3.66. The minimum absolute atomic E-state index is 0.207. The molecule has 0 aliphatic rings. The zero-order chi connectivity index (χ0) is 36.6. The van der Waals surface area contributed by atoms with Crippen LogP contribution in [0.1, 0.15) is 0 Å². The number of hydrogen-bond acceptors (Lipinski definition) is 3. The Balaban J connectivity index is 1.33. The summed E-state index contributed by atoms with van der Waals surface area (Å²) in [4.78, 5) is 0. The molecule has 0 saturated carbocycles. The molecule has 0 atom stereocenters. The van der Waals surface area contributed by atoms with Crippen LogP contribution in [0, 0.1) is 0 Å². The van der Waals surface area contributed by atoms with E-state index in [-0.39, 0.29) is 14.5 Å². The first kappa shape index (κ1) is 32.9. The van der Waals surface area contributed by atoms with Gasteiger partial charge >= 0.3 is 309 Å². The summed E-state index contributed by atoms with van der Waals surface area (Å²) in [7, 11) is 0. The van der Waals surface area contributed by atoms with Crippen molar-refractivity contribution < 1.29 is 0 Å². The Morgan fingerprint density at radius 1 is 0.291 bits per heavy atom. The summed E-state index contributed by atoms with van der Waals surface area (Å²) in [6.07, 6.45) is 0. The molecule has 0 aliphatic carbocycles. The van der Waals surface area contributed by atoms with E-state index in [0.717, 1.165) is 61.5 Å². The Morgan fingerprint density at radius 3 is 1.44 bits per heavy atom. The Morgan fingerprint density at radius 2 is 0.745 bits per heavy atom. The summed E-state index contributed by atoms with van der Waals surface area (Å²) in [6, 6.07) is 71.4. The first-order valence-corrected chi connectivity index (χ1v) is 20.2. The van der Waals surface area contributed by atoms with Gasteiger partial charge in [-0.3, -0.25) is 0 Å². The summed E-state index contributed by atoms with van der Waals surface area (Å²) in [5, 5.41) is 17.1. The van der Waals surface area contributed by atoms with Gasteiger partial charge in [0, 0.05) is 0 Å². The van der Waals surface area contributed by atoms with Crippen molar-refractivity contribution in [2.24, 2.45) is 0 Å². The zero-order valence-electron chi connectivity index (χ0n) is 29.8. The first-order chi connectivity index (χ1) is 27.3. The SMILES string of the molecule is c1ccc(-c2ccccc2-c2cccc(-c3nnnc(-c4ccccc4-c4ccccc4)c3-c3ccccc3)c2-c2cccc3[se]c4ccccc4c23)cc1. The molecule has 0 unspecified atom stereocenters. The Kier molecular flexibility index (Phi) is 8.53. The number of hydrogen-bond donors (Lipinski definition) is 0. The second kappa shape index (κ2) is 14.3. The molecule has 10 aromatic rings. The van der Waals surface area contributed by atoms with Crippen molar-refractivity contribution in [2.75, 3.05) is 0 Å². The van der Waals surface area contributed by atoms with E-state index < -0.39 is 0 Å². The quantitative estimate of drug-likeness (QED) is 0.152. The fourth-order valence-electron chi connectivity index (χ4n) is 7.97. The van der Waals surface area contributed by atoms with Crippen molar-refractivity contribution >= 4 is 33.8 Å². The van der Waals surface area contributed by atoms with Gasteiger partial charge in [0.2, 0.25) is 0 Å². The number of benzene rings is 8. The van der Waals surface area contributed by atoms with Gasteiger partial charge in [-0.2, -0.15) is 0 Å². The van der Waals surface area contributed by atoms with E-state index in [4.69, 9.17) is 10.2 Å². The van der Waals surface area contributed by atoms with Crippen LogP contribution in [0.3, 0.4) is 0 Å². The van der Waals surface area contributed by atoms with Crippen LogP contribution < -0.4 is 0 Å². The molecule has 0 fully saturated rings. The molecule has 55 heavy (non-hydrogen) atoms. The van der Waals surface area contributed by atoms with Crippen LogP contribution in [0.2, 0.25) is 0 Å². The van der Waals surface area contributed by atoms with Gasteiger partial charge in [0.15, 0.2) is 0 Å². The molecule has 0 bridgehead atoms. The van der Waals surface area contributed by atoms with E-state index in [9.17, 15) is 0 Å². The normalized spacial score (nSPS) is 11.3. The van der Waals surface area contributed by atoms with Gasteiger partial charge < -0.3 is 0 Å². The van der Waals surface area contributed by atoms with Gasteiger partial charge in [-0.15, -0.1) is 0 Å². The number of nitrogens with zero attached hydrogens (tertiary/aromatic N) is 3. The van der Waals surface area contributed by atoms with Gasteiger partial charge in [-0.25, -0.2) is 0 Å². The van der Waals surface area contributed by atoms with Crippen LogP contribution >= 0.6 is 0 Å². The van der Waals surface area contributed by atoms with Gasteiger partial charge in [0.05, 0.1) is 0 Å². The van der Waals surface area contributed by atoms with E-state index in [1.54, 1.807) is 0 Å². The van der Waals surface area contributed by atoms with Crippen molar-refractivity contribution in [1.82, 2.24) is 15.4 Å². The van der Waals surface area contributed by atoms with Crippen molar-refractivity contribution in [1.29, 1.82) is 0 Å². The molecule has 0 N–H and O–H groups in total. The van der Waals surface area contributed by atoms with Gasteiger partial charge in [0.1, 0.15) is 0 Å². The van der Waals surface area contributed by atoms with Crippen LogP contribution in [0.4, 0.5) is 0 Å². The molecule has 8 aromatic carbocycles. The first-order valence-electron chi connectivity index (χ1n) is 18.5. The molecule has 0 spiro atoms. The second-order valence-electron chi connectivity index (χ2n) is 13.6. The van der Waals surface area contributed by atoms with E-state index >= 15 is 0 Å². The summed E-state index contributed by atoms with van der Waals surface area (Å²) >= 11 is 0.207. The number of rotatable bonds is 7. The molecule has 2 aromatic heterocycles. The molecule has 3 nitrogen and oxygen atoms in total. The predicted molar refractivity (Wildman–Crippen MR) is 230 cm³/mol. The molecule has 10 rings (SSSR count). The molecule has 4 heteroatoms. The summed E-state index contributed by atoms with van der Waals surface area (Å²) in [5.74, 6) is 0. The Labute approximate surface area is 326 Å². The van der Waals surface area contributed by atoms with Gasteiger partial charge in [-0.1, -0.05) is 18.2 Å². The molecule has 258 valence electrons. The molecular weight excluding hydrogens is 734 g/mol. The Hall–Kier alpha value is -6.71. The fourth-order valence-corrected chi connectivity index (χ4v) is 10.3. The number of aromatic nitrogens is 3. The standard InChI is InChI=1S/C51H33N3Se/c1-4-18-34(19-5-1)37-24-10-12-26-39(37)40-29-16-31-44(48(40)43-30-17-33-46-49(43)42-28-14-15-32-45(42)55-46)51-47(36-22-8-3-9-23-36)50(52-54-53-51)41-27-13-11-25-38(41)35-20-6-2-7-21-35/h1-33H. The minimum atomic E-state index is 0.207. The Bertz CT molecular complexity index is 2970. The van der Waals surface area contributed by atoms with Crippen molar-refractivity contribution in [3.8, 4) is 78.1 Å². The van der Waals surface area contributed by atoms with Gasteiger partial charge in [-0.05, 0) is 0 Å². The van der Waals surface area contributed by atoms with Crippen LogP contribution in [0.15, 0.2) is 200 Å².